The third kappa shape index (κ3) is 2.40. The van der Waals surface area contributed by atoms with E-state index >= 15 is 0 Å². The van der Waals surface area contributed by atoms with Crippen molar-refractivity contribution in [3.63, 3.8) is 0 Å². The minimum absolute atomic E-state index is 0.279. The van der Waals surface area contributed by atoms with Crippen molar-refractivity contribution in [3.05, 3.63) is 47.1 Å². The lowest BCUT2D eigenvalue weighted by molar-refractivity contribution is 0.625. The molecule has 5 heteroatoms. The Morgan fingerprint density at radius 1 is 1.24 bits per heavy atom. The lowest BCUT2D eigenvalue weighted by atomic mass is 10.0. The van der Waals surface area contributed by atoms with E-state index in [-0.39, 0.29) is 11.0 Å². The third-order valence-electron chi connectivity index (χ3n) is 3.56. The Hall–Kier alpha value is -1.94. The number of rotatable bonds is 2. The number of nitrogens with zero attached hydrogens (tertiary/aromatic N) is 3. The molecule has 0 spiro atoms. The van der Waals surface area contributed by atoms with Crippen LogP contribution in [0.3, 0.4) is 0 Å². The molecule has 3 aromatic rings. The van der Waals surface area contributed by atoms with Gasteiger partial charge in [0.15, 0.2) is 0 Å². The van der Waals surface area contributed by atoms with Gasteiger partial charge < -0.3 is 0 Å². The summed E-state index contributed by atoms with van der Waals surface area (Å²) in [5.41, 5.74) is 3.27. The van der Waals surface area contributed by atoms with E-state index in [9.17, 15) is 4.39 Å². The van der Waals surface area contributed by atoms with Crippen molar-refractivity contribution in [2.75, 3.05) is 0 Å². The summed E-state index contributed by atoms with van der Waals surface area (Å²) < 4.78 is 15.9. The molecule has 0 saturated heterocycles. The lowest BCUT2D eigenvalue weighted by Crippen LogP contribution is -1.99. The van der Waals surface area contributed by atoms with Crippen LogP contribution in [0.25, 0.3) is 22.0 Å². The summed E-state index contributed by atoms with van der Waals surface area (Å²) in [6.07, 6.45) is 1.15. The van der Waals surface area contributed by atoms with Crippen LogP contribution in [0.5, 0.6) is 0 Å². The van der Waals surface area contributed by atoms with Gasteiger partial charge in [-0.25, -0.2) is 9.37 Å². The molecule has 0 aliphatic rings. The lowest BCUT2D eigenvalue weighted by Gasteiger charge is -2.07. The number of halogens is 2. The molecule has 0 atom stereocenters. The first-order chi connectivity index (χ1) is 9.97. The second kappa shape index (κ2) is 5.11. The fourth-order valence-electron chi connectivity index (χ4n) is 2.70. The van der Waals surface area contributed by atoms with Crippen LogP contribution in [0.1, 0.15) is 25.5 Å². The van der Waals surface area contributed by atoms with E-state index in [4.69, 9.17) is 11.6 Å². The van der Waals surface area contributed by atoms with Gasteiger partial charge in [-0.2, -0.15) is 5.10 Å². The van der Waals surface area contributed by atoms with Gasteiger partial charge in [0, 0.05) is 23.7 Å². The highest BCUT2D eigenvalue weighted by atomic mass is 35.5. The second-order valence-corrected chi connectivity index (χ2v) is 5.77. The molecule has 2 heterocycles. The summed E-state index contributed by atoms with van der Waals surface area (Å²) in [6, 6.07) is 7.27. The van der Waals surface area contributed by atoms with Crippen LogP contribution in [0.2, 0.25) is 5.15 Å². The molecule has 0 aliphatic heterocycles. The zero-order valence-electron chi connectivity index (χ0n) is 12.1. The maximum absolute atomic E-state index is 14.0. The van der Waals surface area contributed by atoms with Crippen LogP contribution < -0.4 is 0 Å². The van der Waals surface area contributed by atoms with Gasteiger partial charge in [-0.15, -0.1) is 0 Å². The molecule has 21 heavy (non-hydrogen) atoms. The number of aromatic nitrogens is 3. The molecule has 0 aliphatic carbocycles. The highest BCUT2D eigenvalue weighted by Crippen LogP contribution is 2.31. The van der Waals surface area contributed by atoms with E-state index in [2.05, 4.69) is 23.9 Å². The average molecular weight is 304 g/mol. The normalized spacial score (nSPS) is 11.5. The molecule has 0 bridgehead atoms. The molecular formula is C16H15ClFN3. The van der Waals surface area contributed by atoms with E-state index < -0.39 is 0 Å². The standard InChI is InChI=1S/C16H15ClFN3/c1-9(2)16-12-6-10(4-5-14(12)20-21(16)3)11-7-15(17)19-8-13(11)18/h4-9H,1-3H3. The number of aryl methyl sites for hydroxylation is 1. The predicted octanol–water partition coefficient (Wildman–Crippen LogP) is 4.55. The van der Waals surface area contributed by atoms with Crippen LogP contribution in [-0.2, 0) is 7.05 Å². The van der Waals surface area contributed by atoms with Crippen molar-refractivity contribution in [1.82, 2.24) is 14.8 Å². The molecule has 0 fully saturated rings. The summed E-state index contributed by atoms with van der Waals surface area (Å²) in [4.78, 5) is 3.75. The second-order valence-electron chi connectivity index (χ2n) is 5.38. The molecule has 1 aromatic carbocycles. The first-order valence-electron chi connectivity index (χ1n) is 6.75. The van der Waals surface area contributed by atoms with E-state index in [1.54, 1.807) is 6.07 Å². The van der Waals surface area contributed by atoms with Gasteiger partial charge in [0.25, 0.3) is 0 Å². The molecule has 0 radical (unpaired) electrons. The molecule has 0 saturated carbocycles. The minimum atomic E-state index is -0.381. The SMILES string of the molecule is CC(C)c1c2cc(-c3cc(Cl)ncc3F)ccc2nn1C. The van der Waals surface area contributed by atoms with Gasteiger partial charge in [-0.1, -0.05) is 31.5 Å². The van der Waals surface area contributed by atoms with Crippen molar-refractivity contribution >= 4 is 22.5 Å². The monoisotopic (exact) mass is 303 g/mol. The predicted molar refractivity (Wildman–Crippen MR) is 83.0 cm³/mol. The van der Waals surface area contributed by atoms with Crippen molar-refractivity contribution in [1.29, 1.82) is 0 Å². The summed E-state index contributed by atoms with van der Waals surface area (Å²) >= 11 is 5.88. The Morgan fingerprint density at radius 2 is 2.00 bits per heavy atom. The first kappa shape index (κ1) is 14.0. The summed E-state index contributed by atoms with van der Waals surface area (Å²) in [5.74, 6) is -0.0464. The van der Waals surface area contributed by atoms with E-state index in [1.807, 2.05) is 29.9 Å². The Balaban J connectivity index is 2.25. The van der Waals surface area contributed by atoms with E-state index in [0.29, 0.717) is 11.5 Å². The molecule has 0 unspecified atom stereocenters. The van der Waals surface area contributed by atoms with Gasteiger partial charge in [-0.05, 0) is 29.7 Å². The number of pyridine rings is 1. The first-order valence-corrected chi connectivity index (χ1v) is 7.13. The van der Waals surface area contributed by atoms with Crippen LogP contribution >= 0.6 is 11.6 Å². The maximum atomic E-state index is 14.0. The number of fused-ring (bicyclic) bond motifs is 1. The van der Waals surface area contributed by atoms with Gasteiger partial charge in [0.05, 0.1) is 11.7 Å². The fourth-order valence-corrected chi connectivity index (χ4v) is 2.86. The zero-order chi connectivity index (χ0) is 15.1. The quantitative estimate of drug-likeness (QED) is 0.650. The Labute approximate surface area is 127 Å². The molecular weight excluding hydrogens is 289 g/mol. The topological polar surface area (TPSA) is 30.7 Å². The van der Waals surface area contributed by atoms with Gasteiger partial charge in [0.1, 0.15) is 11.0 Å². The van der Waals surface area contributed by atoms with E-state index in [0.717, 1.165) is 28.4 Å². The third-order valence-corrected chi connectivity index (χ3v) is 3.77. The average Bonchev–Trinajstić information content (AvgIpc) is 2.76. The van der Waals surface area contributed by atoms with Gasteiger partial charge in [-0.3, -0.25) is 4.68 Å². The molecule has 2 aromatic heterocycles. The van der Waals surface area contributed by atoms with Crippen molar-refractivity contribution < 1.29 is 4.39 Å². The molecule has 0 N–H and O–H groups in total. The maximum Gasteiger partial charge on any atom is 0.149 e. The molecule has 108 valence electrons. The molecule has 3 rings (SSSR count). The fraction of sp³-hybridized carbons (Fsp3) is 0.250. The Kier molecular flexibility index (Phi) is 3.41. The number of benzene rings is 1. The number of hydrogen-bond donors (Lipinski definition) is 0. The largest absolute Gasteiger partial charge is 0.271 e. The smallest absolute Gasteiger partial charge is 0.149 e. The van der Waals surface area contributed by atoms with Gasteiger partial charge >= 0.3 is 0 Å². The van der Waals surface area contributed by atoms with Crippen molar-refractivity contribution in [2.45, 2.75) is 19.8 Å². The van der Waals surface area contributed by atoms with Gasteiger partial charge in [0.2, 0.25) is 0 Å². The van der Waals surface area contributed by atoms with Crippen LogP contribution in [0, 0.1) is 5.82 Å². The zero-order valence-corrected chi connectivity index (χ0v) is 12.8. The number of hydrogen-bond acceptors (Lipinski definition) is 2. The van der Waals surface area contributed by atoms with Crippen LogP contribution in [0.4, 0.5) is 4.39 Å². The molecule has 3 nitrogen and oxygen atoms in total. The van der Waals surface area contributed by atoms with Crippen LogP contribution in [0.15, 0.2) is 30.5 Å². The molecule has 0 amide bonds. The van der Waals surface area contributed by atoms with E-state index in [1.165, 1.54) is 0 Å². The Morgan fingerprint density at radius 3 is 2.71 bits per heavy atom. The summed E-state index contributed by atoms with van der Waals surface area (Å²) in [7, 11) is 1.93. The Bertz CT molecular complexity index is 824. The highest BCUT2D eigenvalue weighted by molar-refractivity contribution is 6.29. The van der Waals surface area contributed by atoms with Crippen molar-refractivity contribution in [2.24, 2.45) is 7.05 Å². The highest BCUT2D eigenvalue weighted by Gasteiger charge is 2.14. The summed E-state index contributed by atoms with van der Waals surface area (Å²) in [5, 5.41) is 5.81. The minimum Gasteiger partial charge on any atom is -0.271 e. The summed E-state index contributed by atoms with van der Waals surface area (Å²) in [6.45, 7) is 4.24. The van der Waals surface area contributed by atoms with Crippen LogP contribution in [-0.4, -0.2) is 14.8 Å². The van der Waals surface area contributed by atoms with Crippen molar-refractivity contribution in [3.8, 4) is 11.1 Å².